The fourth-order valence-corrected chi connectivity index (χ4v) is 2.08. The first kappa shape index (κ1) is 17.2. The molecule has 0 fully saturated rings. The van der Waals surface area contributed by atoms with Crippen molar-refractivity contribution >= 4 is 11.9 Å². The summed E-state index contributed by atoms with van der Waals surface area (Å²) < 4.78 is 4.62. The Morgan fingerprint density at radius 1 is 0.952 bits per heavy atom. The Balaban J connectivity index is 2.27. The topological polar surface area (TPSA) is 55.4 Å². The molecule has 0 saturated carbocycles. The summed E-state index contributed by atoms with van der Waals surface area (Å²) in [5.41, 5.74) is 1.01. The van der Waals surface area contributed by atoms with E-state index < -0.39 is 5.97 Å². The summed E-state index contributed by atoms with van der Waals surface area (Å²) in [5, 5.41) is 2.90. The van der Waals surface area contributed by atoms with E-state index in [2.05, 4.69) is 17.0 Å². The summed E-state index contributed by atoms with van der Waals surface area (Å²) in [6.45, 7) is 2.90. The van der Waals surface area contributed by atoms with Gasteiger partial charge >= 0.3 is 5.97 Å². The molecule has 0 atom stereocenters. The lowest BCUT2D eigenvalue weighted by atomic mass is 10.1. The first-order chi connectivity index (χ1) is 10.2. The standard InChI is InChI=1S/C17H25NO3/c1-3-4-5-6-7-8-13-18-16(19)14-9-11-15(12-10-14)17(20)21-2/h9-12H,3-8,13H2,1-2H3,(H,18,19). The van der Waals surface area contributed by atoms with Crippen LogP contribution in [0, 0.1) is 0 Å². The summed E-state index contributed by atoms with van der Waals surface area (Å²) in [4.78, 5) is 23.2. The lowest BCUT2D eigenvalue weighted by Gasteiger charge is -2.06. The number of esters is 1. The summed E-state index contributed by atoms with van der Waals surface area (Å²) in [6.07, 6.45) is 7.21. The van der Waals surface area contributed by atoms with Gasteiger partial charge in [0.15, 0.2) is 0 Å². The Morgan fingerprint density at radius 2 is 1.52 bits per heavy atom. The van der Waals surface area contributed by atoms with Crippen LogP contribution < -0.4 is 5.32 Å². The number of carbonyl (C=O) groups is 2. The van der Waals surface area contributed by atoms with Crippen LogP contribution in [0.5, 0.6) is 0 Å². The molecule has 0 saturated heterocycles. The van der Waals surface area contributed by atoms with Crippen LogP contribution in [0.2, 0.25) is 0 Å². The molecule has 0 radical (unpaired) electrons. The molecule has 0 aliphatic heterocycles. The number of nitrogens with one attached hydrogen (secondary N) is 1. The van der Waals surface area contributed by atoms with E-state index >= 15 is 0 Å². The van der Waals surface area contributed by atoms with E-state index in [-0.39, 0.29) is 5.91 Å². The molecule has 116 valence electrons. The molecule has 0 spiro atoms. The second-order valence-electron chi connectivity index (χ2n) is 5.09. The zero-order valence-corrected chi connectivity index (χ0v) is 13.0. The van der Waals surface area contributed by atoms with Gasteiger partial charge in [-0.3, -0.25) is 4.79 Å². The highest BCUT2D eigenvalue weighted by Crippen LogP contribution is 2.07. The van der Waals surface area contributed by atoms with Gasteiger partial charge in [-0.2, -0.15) is 0 Å². The molecule has 1 rings (SSSR count). The molecule has 1 amide bonds. The molecule has 4 heteroatoms. The van der Waals surface area contributed by atoms with Gasteiger partial charge in [0.2, 0.25) is 0 Å². The summed E-state index contributed by atoms with van der Waals surface area (Å²) in [6, 6.07) is 6.49. The van der Waals surface area contributed by atoms with Crippen LogP contribution in [0.1, 0.15) is 66.2 Å². The van der Waals surface area contributed by atoms with Gasteiger partial charge in [0.1, 0.15) is 0 Å². The van der Waals surface area contributed by atoms with Crippen LogP contribution >= 0.6 is 0 Å². The summed E-state index contributed by atoms with van der Waals surface area (Å²) in [5.74, 6) is -0.492. The third-order valence-corrected chi connectivity index (χ3v) is 3.38. The molecule has 1 aromatic rings. The SMILES string of the molecule is CCCCCCCCNC(=O)c1ccc(C(=O)OC)cc1. The van der Waals surface area contributed by atoms with Gasteiger partial charge in [0, 0.05) is 12.1 Å². The zero-order valence-electron chi connectivity index (χ0n) is 13.0. The molecule has 4 nitrogen and oxygen atoms in total. The van der Waals surface area contributed by atoms with Gasteiger partial charge in [0.25, 0.3) is 5.91 Å². The third kappa shape index (κ3) is 6.43. The lowest BCUT2D eigenvalue weighted by molar-refractivity contribution is 0.0600. The first-order valence-electron chi connectivity index (χ1n) is 7.65. The van der Waals surface area contributed by atoms with E-state index in [9.17, 15) is 9.59 Å². The van der Waals surface area contributed by atoms with Gasteiger partial charge in [0.05, 0.1) is 12.7 Å². The Hall–Kier alpha value is -1.84. The highest BCUT2D eigenvalue weighted by Gasteiger charge is 2.08. The van der Waals surface area contributed by atoms with Crippen molar-refractivity contribution in [3.63, 3.8) is 0 Å². The van der Waals surface area contributed by atoms with Crippen molar-refractivity contribution in [1.82, 2.24) is 5.32 Å². The molecule has 0 bridgehead atoms. The van der Waals surface area contributed by atoms with E-state index in [4.69, 9.17) is 0 Å². The number of hydrogen-bond donors (Lipinski definition) is 1. The van der Waals surface area contributed by atoms with Crippen LogP contribution in [-0.4, -0.2) is 25.5 Å². The fourth-order valence-electron chi connectivity index (χ4n) is 2.08. The largest absolute Gasteiger partial charge is 0.465 e. The highest BCUT2D eigenvalue weighted by molar-refractivity contribution is 5.96. The smallest absolute Gasteiger partial charge is 0.337 e. The van der Waals surface area contributed by atoms with E-state index in [0.29, 0.717) is 17.7 Å². The number of hydrogen-bond acceptors (Lipinski definition) is 3. The van der Waals surface area contributed by atoms with Crippen molar-refractivity contribution in [1.29, 1.82) is 0 Å². The van der Waals surface area contributed by atoms with Crippen molar-refractivity contribution in [2.24, 2.45) is 0 Å². The predicted octanol–water partition coefficient (Wildman–Crippen LogP) is 3.56. The Labute approximate surface area is 126 Å². The van der Waals surface area contributed by atoms with Crippen LogP contribution in [0.15, 0.2) is 24.3 Å². The molecule has 0 heterocycles. The number of carbonyl (C=O) groups excluding carboxylic acids is 2. The summed E-state index contributed by atoms with van der Waals surface area (Å²) in [7, 11) is 1.34. The van der Waals surface area contributed by atoms with Crippen LogP contribution in [0.25, 0.3) is 0 Å². The van der Waals surface area contributed by atoms with Crippen molar-refractivity contribution in [3.8, 4) is 0 Å². The lowest BCUT2D eigenvalue weighted by Crippen LogP contribution is -2.24. The highest BCUT2D eigenvalue weighted by atomic mass is 16.5. The summed E-state index contributed by atoms with van der Waals surface area (Å²) >= 11 is 0. The molecular formula is C17H25NO3. The number of unbranched alkanes of at least 4 members (excludes halogenated alkanes) is 5. The fraction of sp³-hybridized carbons (Fsp3) is 0.529. The molecular weight excluding hydrogens is 266 g/mol. The zero-order chi connectivity index (χ0) is 15.5. The average molecular weight is 291 g/mol. The van der Waals surface area contributed by atoms with Crippen LogP contribution in [0.4, 0.5) is 0 Å². The van der Waals surface area contributed by atoms with Crippen molar-refractivity contribution < 1.29 is 14.3 Å². The normalized spacial score (nSPS) is 10.2. The van der Waals surface area contributed by atoms with Crippen molar-refractivity contribution in [2.45, 2.75) is 45.4 Å². The number of amides is 1. The number of ether oxygens (including phenoxy) is 1. The minimum atomic E-state index is -0.394. The number of methoxy groups -OCH3 is 1. The van der Waals surface area contributed by atoms with E-state index in [1.54, 1.807) is 24.3 Å². The molecule has 1 aromatic carbocycles. The van der Waals surface area contributed by atoms with Crippen LogP contribution in [-0.2, 0) is 4.74 Å². The average Bonchev–Trinajstić information content (AvgIpc) is 2.53. The maximum atomic E-state index is 11.9. The van der Waals surface area contributed by atoms with Crippen molar-refractivity contribution in [2.75, 3.05) is 13.7 Å². The van der Waals surface area contributed by atoms with Gasteiger partial charge < -0.3 is 10.1 Å². The molecule has 0 aliphatic carbocycles. The third-order valence-electron chi connectivity index (χ3n) is 3.38. The van der Waals surface area contributed by atoms with Crippen molar-refractivity contribution in [3.05, 3.63) is 35.4 Å². The maximum absolute atomic E-state index is 11.9. The van der Waals surface area contributed by atoms with E-state index in [0.717, 1.165) is 12.8 Å². The Kier molecular flexibility index (Phi) is 8.17. The van der Waals surface area contributed by atoms with E-state index in [1.807, 2.05) is 0 Å². The Morgan fingerprint density at radius 3 is 2.14 bits per heavy atom. The molecule has 21 heavy (non-hydrogen) atoms. The second kappa shape index (κ2) is 9.97. The van der Waals surface area contributed by atoms with Gasteiger partial charge in [-0.15, -0.1) is 0 Å². The number of benzene rings is 1. The predicted molar refractivity (Wildman–Crippen MR) is 83.5 cm³/mol. The monoisotopic (exact) mass is 291 g/mol. The second-order valence-corrected chi connectivity index (χ2v) is 5.09. The molecule has 0 unspecified atom stereocenters. The Bertz CT molecular complexity index is 440. The minimum Gasteiger partial charge on any atom is -0.465 e. The molecule has 1 N–H and O–H groups in total. The number of rotatable bonds is 9. The minimum absolute atomic E-state index is 0.0972. The van der Waals surface area contributed by atoms with Gasteiger partial charge in [-0.05, 0) is 30.7 Å². The quantitative estimate of drug-likeness (QED) is 0.559. The molecule has 0 aromatic heterocycles. The first-order valence-corrected chi connectivity index (χ1v) is 7.65. The van der Waals surface area contributed by atoms with Crippen LogP contribution in [0.3, 0.4) is 0 Å². The van der Waals surface area contributed by atoms with E-state index in [1.165, 1.54) is 32.8 Å². The maximum Gasteiger partial charge on any atom is 0.337 e. The molecule has 0 aliphatic rings. The van der Waals surface area contributed by atoms with Gasteiger partial charge in [-0.1, -0.05) is 39.0 Å². The van der Waals surface area contributed by atoms with Gasteiger partial charge in [-0.25, -0.2) is 4.79 Å².